The third kappa shape index (κ3) is 6.36. The summed E-state index contributed by atoms with van der Waals surface area (Å²) in [6.07, 6.45) is 6.14. The average molecular weight is 576 g/mol. The number of likely N-dealkylation sites (tertiary alicyclic amines) is 1. The van der Waals surface area contributed by atoms with E-state index in [-0.39, 0.29) is 24.2 Å². The summed E-state index contributed by atoms with van der Waals surface area (Å²) in [7, 11) is 4.14. The van der Waals surface area contributed by atoms with E-state index >= 15 is 0 Å². The van der Waals surface area contributed by atoms with Gasteiger partial charge in [-0.2, -0.15) is 15.2 Å². The third-order valence-corrected chi connectivity index (χ3v) is 9.03. The van der Waals surface area contributed by atoms with Crippen molar-refractivity contribution in [2.75, 3.05) is 63.2 Å². The second-order valence-corrected chi connectivity index (χ2v) is 11.8. The largest absolute Gasteiger partial charge is 0.462 e. The molecule has 1 aromatic carbocycles. The van der Waals surface area contributed by atoms with Crippen molar-refractivity contribution in [1.82, 2.24) is 19.8 Å². The quantitative estimate of drug-likeness (QED) is 0.419. The van der Waals surface area contributed by atoms with Gasteiger partial charge in [-0.25, -0.2) is 4.39 Å². The summed E-state index contributed by atoms with van der Waals surface area (Å²) in [6, 6.07) is 7.76. The lowest BCUT2D eigenvalue weighted by atomic mass is 9.88. The molecule has 2 unspecified atom stereocenters. The highest BCUT2D eigenvalue weighted by atomic mass is 19.1. The number of rotatable bonds is 9. The van der Waals surface area contributed by atoms with E-state index in [1.165, 1.54) is 12.1 Å². The van der Waals surface area contributed by atoms with Crippen LogP contribution in [-0.4, -0.2) is 91.2 Å². The van der Waals surface area contributed by atoms with Crippen LogP contribution in [0.1, 0.15) is 43.0 Å². The predicted molar refractivity (Wildman–Crippen MR) is 161 cm³/mol. The first kappa shape index (κ1) is 29.8. The Bertz CT molecular complexity index is 1340. The number of fused-ring (bicyclic) bond motifs is 1. The maximum absolute atomic E-state index is 13.9. The number of hydrogen-bond acceptors (Lipinski definition) is 8. The summed E-state index contributed by atoms with van der Waals surface area (Å²) in [5.41, 5.74) is 4.14. The Hall–Kier alpha value is -3.71. The Balaban J connectivity index is 1.45. The number of carbonyl (C=O) groups is 1. The molecule has 1 aromatic heterocycles. The van der Waals surface area contributed by atoms with Crippen LogP contribution in [0.3, 0.4) is 0 Å². The van der Waals surface area contributed by atoms with Crippen LogP contribution in [0.4, 0.5) is 15.9 Å². The van der Waals surface area contributed by atoms with Crippen LogP contribution in [-0.2, 0) is 24.1 Å². The molecular formula is C32H42FN7O2. The number of aromatic nitrogens is 2. The van der Waals surface area contributed by atoms with Crippen molar-refractivity contribution in [2.45, 2.75) is 57.5 Å². The predicted octanol–water partition coefficient (Wildman–Crippen LogP) is 3.62. The molecule has 2 fully saturated rings. The summed E-state index contributed by atoms with van der Waals surface area (Å²) in [5.74, 6) is 0.758. The fraction of sp³-hybridized carbons (Fsp3) is 0.562. The Kier molecular flexibility index (Phi) is 9.27. The van der Waals surface area contributed by atoms with E-state index in [9.17, 15) is 14.4 Å². The normalized spacial score (nSPS) is 22.5. The van der Waals surface area contributed by atoms with Gasteiger partial charge in [-0.3, -0.25) is 4.79 Å². The van der Waals surface area contributed by atoms with E-state index in [1.807, 2.05) is 13.1 Å². The maximum atomic E-state index is 13.9. The Labute approximate surface area is 248 Å². The molecule has 0 aliphatic carbocycles. The van der Waals surface area contributed by atoms with Gasteiger partial charge in [0.25, 0.3) is 0 Å². The van der Waals surface area contributed by atoms with E-state index in [0.717, 1.165) is 73.5 Å². The molecule has 0 saturated carbocycles. The van der Waals surface area contributed by atoms with Crippen LogP contribution in [0.5, 0.6) is 6.01 Å². The number of carbonyl (C=O) groups excluding carboxylic acids is 1. The zero-order valence-corrected chi connectivity index (χ0v) is 25.1. The van der Waals surface area contributed by atoms with Crippen LogP contribution >= 0.6 is 0 Å². The number of hydrogen-bond donors (Lipinski definition) is 0. The molecular weight excluding hydrogens is 533 g/mol. The van der Waals surface area contributed by atoms with Gasteiger partial charge in [-0.05, 0) is 75.4 Å². The second kappa shape index (κ2) is 13.1. The van der Waals surface area contributed by atoms with Gasteiger partial charge in [-0.1, -0.05) is 19.6 Å². The lowest BCUT2D eigenvalue weighted by Gasteiger charge is -2.41. The topological polar surface area (TPSA) is 88.8 Å². The van der Waals surface area contributed by atoms with Crippen molar-refractivity contribution in [3.05, 3.63) is 53.5 Å². The zero-order chi connectivity index (χ0) is 29.8. The molecule has 2 saturated heterocycles. The molecule has 4 heterocycles. The lowest BCUT2D eigenvalue weighted by Crippen LogP contribution is -2.55. The van der Waals surface area contributed by atoms with Crippen LogP contribution < -0.4 is 14.5 Å². The minimum atomic E-state index is -0.252. The first-order valence-electron chi connectivity index (χ1n) is 15.1. The fourth-order valence-electron chi connectivity index (χ4n) is 6.78. The van der Waals surface area contributed by atoms with Gasteiger partial charge < -0.3 is 24.3 Å². The highest BCUT2D eigenvalue weighted by Crippen LogP contribution is 2.34. The summed E-state index contributed by atoms with van der Waals surface area (Å²) < 4.78 is 20.2. The number of anilines is 2. The molecule has 42 heavy (non-hydrogen) atoms. The number of ether oxygens (including phenoxy) is 1. The highest BCUT2D eigenvalue weighted by molar-refractivity contribution is 5.87. The molecule has 3 aliphatic rings. The molecule has 0 bridgehead atoms. The van der Waals surface area contributed by atoms with Crippen molar-refractivity contribution in [1.29, 1.82) is 5.26 Å². The summed E-state index contributed by atoms with van der Waals surface area (Å²) in [4.78, 5) is 30.9. The smallest absolute Gasteiger partial charge is 0.318 e. The number of nitrogens with zero attached hydrogens (tertiary/aromatic N) is 7. The Morgan fingerprint density at radius 2 is 2.05 bits per heavy atom. The van der Waals surface area contributed by atoms with Crippen molar-refractivity contribution < 1.29 is 13.9 Å². The number of piperazine rings is 1. The molecule has 0 spiro atoms. The lowest BCUT2D eigenvalue weighted by molar-refractivity contribution is -0.128. The number of amides is 1. The Morgan fingerprint density at radius 3 is 2.76 bits per heavy atom. The minimum Gasteiger partial charge on any atom is -0.462 e. The van der Waals surface area contributed by atoms with Crippen LogP contribution in [0.15, 0.2) is 30.9 Å². The molecule has 5 rings (SSSR count). The van der Waals surface area contributed by atoms with Crippen molar-refractivity contribution in [3.8, 4) is 12.1 Å². The molecule has 3 aliphatic heterocycles. The van der Waals surface area contributed by atoms with Crippen molar-refractivity contribution in [2.24, 2.45) is 5.92 Å². The number of halogens is 1. The van der Waals surface area contributed by atoms with Gasteiger partial charge in [0, 0.05) is 50.5 Å². The first-order chi connectivity index (χ1) is 20.3. The van der Waals surface area contributed by atoms with E-state index in [0.29, 0.717) is 44.2 Å². The molecule has 0 N–H and O–H groups in total. The molecule has 9 nitrogen and oxygen atoms in total. The van der Waals surface area contributed by atoms with Crippen LogP contribution in [0.2, 0.25) is 0 Å². The van der Waals surface area contributed by atoms with E-state index < -0.39 is 0 Å². The number of benzene rings is 1. The van der Waals surface area contributed by atoms with Crippen molar-refractivity contribution in [3.63, 3.8) is 0 Å². The van der Waals surface area contributed by atoms with Gasteiger partial charge >= 0.3 is 6.01 Å². The summed E-state index contributed by atoms with van der Waals surface area (Å²) in [6.45, 7) is 9.76. The van der Waals surface area contributed by atoms with E-state index in [2.05, 4.69) is 41.3 Å². The Morgan fingerprint density at radius 1 is 1.21 bits per heavy atom. The molecule has 224 valence electrons. The standard InChI is InChI=1S/C32H42FN7O2/c1-5-27-28(17-22-16-23-9-10-24(33)18-29(23)38(4)19-22)35-32(42-21-26-8-7-13-37(26)3)36-31(27)39-14-15-40(30(41)6-2)25(20-39)11-12-34/h6,9-10,18,22,25-26H,2,5,7-8,11,13-17,19-21H2,1,3-4H3/t22-,25?,26?/m0/s1. The molecule has 0 radical (unpaired) electrons. The number of likely N-dealkylation sites (N-methyl/N-ethyl adjacent to an activating group) is 1. The van der Waals surface area contributed by atoms with Gasteiger partial charge in [-0.15, -0.1) is 0 Å². The van der Waals surface area contributed by atoms with Gasteiger partial charge in [0.15, 0.2) is 0 Å². The third-order valence-electron chi connectivity index (χ3n) is 9.03. The summed E-state index contributed by atoms with van der Waals surface area (Å²) in [5, 5.41) is 9.51. The first-order valence-corrected chi connectivity index (χ1v) is 15.1. The van der Waals surface area contributed by atoms with E-state index in [4.69, 9.17) is 14.7 Å². The van der Waals surface area contributed by atoms with Crippen LogP contribution in [0.25, 0.3) is 0 Å². The minimum absolute atomic E-state index is 0.153. The fourth-order valence-corrected chi connectivity index (χ4v) is 6.78. The second-order valence-electron chi connectivity index (χ2n) is 11.8. The molecule has 10 heteroatoms. The van der Waals surface area contributed by atoms with Gasteiger partial charge in [0.05, 0.1) is 24.2 Å². The molecule has 1 amide bonds. The monoisotopic (exact) mass is 575 g/mol. The van der Waals surface area contributed by atoms with Gasteiger partial charge in [0.1, 0.15) is 18.2 Å². The summed E-state index contributed by atoms with van der Waals surface area (Å²) >= 11 is 0. The number of nitriles is 1. The van der Waals surface area contributed by atoms with Gasteiger partial charge in [0.2, 0.25) is 5.91 Å². The maximum Gasteiger partial charge on any atom is 0.318 e. The zero-order valence-electron chi connectivity index (χ0n) is 25.1. The van der Waals surface area contributed by atoms with Crippen LogP contribution in [0, 0.1) is 23.1 Å². The van der Waals surface area contributed by atoms with Crippen molar-refractivity contribution >= 4 is 17.4 Å². The molecule has 3 atom stereocenters. The molecule has 2 aromatic rings. The average Bonchev–Trinajstić information content (AvgIpc) is 3.40. The SMILES string of the molecule is C=CC(=O)N1CCN(c2nc(OCC3CCCN3C)nc(C[C@@H]3Cc4ccc(F)cc4N(C)C3)c2CC)CC1CC#N. The highest BCUT2D eigenvalue weighted by Gasteiger charge is 2.33. The van der Waals surface area contributed by atoms with E-state index in [1.54, 1.807) is 11.0 Å².